The Hall–Kier alpha value is -0.360. The van der Waals surface area contributed by atoms with Crippen molar-refractivity contribution in [1.82, 2.24) is 5.48 Å². The molecule has 0 aliphatic heterocycles. The summed E-state index contributed by atoms with van der Waals surface area (Å²) in [6, 6.07) is 0. The maximum absolute atomic E-state index is 11.3. The Kier molecular flexibility index (Phi) is 5.14. The fourth-order valence-corrected chi connectivity index (χ4v) is 0.344. The highest BCUT2D eigenvalue weighted by Gasteiger charge is 2.27. The molecule has 1 N–H and O–H groups in total. The molecule has 0 unspecified atom stereocenters. The van der Waals surface area contributed by atoms with Crippen molar-refractivity contribution < 1.29 is 22.4 Å². The first kappa shape index (κ1) is 10.6. The van der Waals surface area contributed by atoms with E-state index in [2.05, 4.69) is 4.84 Å². The van der Waals surface area contributed by atoms with Gasteiger partial charge in [-0.25, -0.2) is 5.48 Å². The fraction of sp³-hybridized carbons (Fsp3) is 1.00. The van der Waals surface area contributed by atoms with E-state index in [1.165, 1.54) is 0 Å². The van der Waals surface area contributed by atoms with Crippen LogP contribution in [0.15, 0.2) is 0 Å². The highest BCUT2D eigenvalue weighted by molar-refractivity contribution is 4.43. The molecule has 6 heteroatoms. The summed E-state index contributed by atoms with van der Waals surface area (Å²) in [6.07, 6.45) is -4.18. The molecule has 0 bridgehead atoms. The number of nitrogens with one attached hydrogen (secondary N) is 1. The molecule has 0 aliphatic carbocycles. The van der Waals surface area contributed by atoms with Gasteiger partial charge >= 0.3 is 6.18 Å². The second-order valence-corrected chi connectivity index (χ2v) is 1.84. The largest absolute Gasteiger partial charge is 0.413 e. The highest BCUT2D eigenvalue weighted by atomic mass is 19.4. The van der Waals surface area contributed by atoms with Gasteiger partial charge in [-0.3, -0.25) is 9.23 Å². The third-order valence-electron chi connectivity index (χ3n) is 0.750. The van der Waals surface area contributed by atoms with Gasteiger partial charge in [0.1, 0.15) is 0 Å². The monoisotopic (exact) mass is 175 g/mol. The first-order valence-electron chi connectivity index (χ1n) is 3.03. The summed E-state index contributed by atoms with van der Waals surface area (Å²) in [6.45, 7) is -1.83. The van der Waals surface area contributed by atoms with Crippen LogP contribution in [0.4, 0.5) is 17.6 Å². The molecule has 11 heavy (non-hydrogen) atoms. The van der Waals surface area contributed by atoms with Gasteiger partial charge in [0.25, 0.3) is 0 Å². The molecule has 0 radical (unpaired) electrons. The van der Waals surface area contributed by atoms with Gasteiger partial charge in [-0.15, -0.1) is 0 Å². The molecule has 0 aromatic rings. The van der Waals surface area contributed by atoms with Crippen LogP contribution in [0.3, 0.4) is 0 Å². The van der Waals surface area contributed by atoms with E-state index in [-0.39, 0.29) is 13.0 Å². The van der Waals surface area contributed by atoms with Gasteiger partial charge in [-0.1, -0.05) is 0 Å². The molecule has 0 rings (SSSR count). The normalized spacial score (nSPS) is 12.0. The zero-order valence-corrected chi connectivity index (χ0v) is 5.75. The van der Waals surface area contributed by atoms with E-state index in [0.717, 1.165) is 0 Å². The second-order valence-electron chi connectivity index (χ2n) is 1.84. The van der Waals surface area contributed by atoms with Gasteiger partial charge in [0.05, 0.1) is 6.67 Å². The van der Waals surface area contributed by atoms with Crippen molar-refractivity contribution in [3.63, 3.8) is 0 Å². The second kappa shape index (κ2) is 5.31. The lowest BCUT2D eigenvalue weighted by Gasteiger charge is -2.06. The average molecular weight is 175 g/mol. The zero-order valence-electron chi connectivity index (χ0n) is 5.75. The maximum atomic E-state index is 11.3. The third kappa shape index (κ3) is 9.64. The Morgan fingerprint density at radius 3 is 2.36 bits per heavy atom. The van der Waals surface area contributed by atoms with E-state index < -0.39 is 19.5 Å². The lowest BCUT2D eigenvalue weighted by Crippen LogP contribution is -2.25. The summed E-state index contributed by atoms with van der Waals surface area (Å²) in [4.78, 5) is 3.96. The molecule has 0 atom stereocenters. The summed E-state index contributed by atoms with van der Waals surface area (Å²) < 4.78 is 45.3. The first-order chi connectivity index (χ1) is 5.06. The molecule has 0 fully saturated rings. The number of alkyl halides is 4. The summed E-state index contributed by atoms with van der Waals surface area (Å²) in [5.41, 5.74) is 1.98. The van der Waals surface area contributed by atoms with Crippen molar-refractivity contribution in [3.8, 4) is 0 Å². The Bertz CT molecular complexity index is 95.0. The van der Waals surface area contributed by atoms with Crippen LogP contribution in [-0.4, -0.2) is 26.0 Å². The predicted octanol–water partition coefficient (Wildman–Crippen LogP) is 1.43. The minimum absolute atomic E-state index is 0.0899. The van der Waals surface area contributed by atoms with Crippen molar-refractivity contribution in [3.05, 3.63) is 0 Å². The average Bonchev–Trinajstić information content (AvgIpc) is 1.85. The van der Waals surface area contributed by atoms with Gasteiger partial charge in [0, 0.05) is 6.54 Å². The van der Waals surface area contributed by atoms with E-state index in [0.29, 0.717) is 0 Å². The van der Waals surface area contributed by atoms with Gasteiger partial charge in [0.2, 0.25) is 0 Å². The Morgan fingerprint density at radius 2 is 1.91 bits per heavy atom. The van der Waals surface area contributed by atoms with Gasteiger partial charge in [0.15, 0.2) is 6.61 Å². The molecule has 0 amide bonds. The molecule has 0 spiro atoms. The van der Waals surface area contributed by atoms with Crippen LogP contribution in [0.5, 0.6) is 0 Å². The van der Waals surface area contributed by atoms with Crippen LogP contribution < -0.4 is 5.48 Å². The summed E-state index contributed by atoms with van der Waals surface area (Å²) in [5, 5.41) is 0. The van der Waals surface area contributed by atoms with Crippen molar-refractivity contribution in [2.24, 2.45) is 0 Å². The highest BCUT2D eigenvalue weighted by Crippen LogP contribution is 2.13. The van der Waals surface area contributed by atoms with Crippen LogP contribution in [-0.2, 0) is 4.84 Å². The summed E-state index contributed by atoms with van der Waals surface area (Å²) in [5.74, 6) is 0. The van der Waals surface area contributed by atoms with Crippen molar-refractivity contribution >= 4 is 0 Å². The molecule has 0 saturated carbocycles. The maximum Gasteiger partial charge on any atom is 0.413 e. The SMILES string of the molecule is FCCCNOCC(F)(F)F. The number of rotatable bonds is 5. The quantitative estimate of drug-likeness (QED) is 0.387. The van der Waals surface area contributed by atoms with E-state index in [9.17, 15) is 17.6 Å². The molecule has 0 aromatic carbocycles. The smallest absolute Gasteiger partial charge is 0.292 e. The van der Waals surface area contributed by atoms with Gasteiger partial charge in [-0.2, -0.15) is 13.2 Å². The minimum Gasteiger partial charge on any atom is -0.292 e. The first-order valence-corrected chi connectivity index (χ1v) is 3.03. The molecule has 0 saturated heterocycles. The molecular formula is C5H9F4NO. The predicted molar refractivity (Wildman–Crippen MR) is 30.6 cm³/mol. The summed E-state index contributed by atoms with van der Waals surface area (Å²) >= 11 is 0. The van der Waals surface area contributed by atoms with Crippen LogP contribution in [0.1, 0.15) is 6.42 Å². The molecular weight excluding hydrogens is 166 g/mol. The molecule has 68 valence electrons. The Morgan fingerprint density at radius 1 is 1.27 bits per heavy atom. The number of hydrogen-bond acceptors (Lipinski definition) is 2. The Labute approximate surface area is 61.5 Å². The topological polar surface area (TPSA) is 21.3 Å². The van der Waals surface area contributed by atoms with Crippen molar-refractivity contribution in [2.45, 2.75) is 12.6 Å². The van der Waals surface area contributed by atoms with E-state index in [4.69, 9.17) is 0 Å². The van der Waals surface area contributed by atoms with Crippen LogP contribution in [0, 0.1) is 0 Å². The Balaban J connectivity index is 3.02. The van der Waals surface area contributed by atoms with Gasteiger partial charge in [-0.05, 0) is 6.42 Å². The van der Waals surface area contributed by atoms with Crippen LogP contribution in [0.2, 0.25) is 0 Å². The lowest BCUT2D eigenvalue weighted by molar-refractivity contribution is -0.189. The van der Waals surface area contributed by atoms with E-state index in [1.54, 1.807) is 0 Å². The van der Waals surface area contributed by atoms with Crippen LogP contribution in [0.25, 0.3) is 0 Å². The molecule has 0 aromatic heterocycles. The number of halogens is 4. The van der Waals surface area contributed by atoms with Crippen molar-refractivity contribution in [1.29, 1.82) is 0 Å². The molecule has 0 aliphatic rings. The van der Waals surface area contributed by atoms with E-state index >= 15 is 0 Å². The number of hydroxylamine groups is 1. The third-order valence-corrected chi connectivity index (χ3v) is 0.750. The van der Waals surface area contributed by atoms with E-state index in [1.807, 2.05) is 5.48 Å². The standard InChI is InChI=1S/C5H9F4NO/c6-2-1-3-10-11-4-5(7,8)9/h10H,1-4H2. The lowest BCUT2D eigenvalue weighted by atomic mass is 10.5. The number of hydrogen-bond donors (Lipinski definition) is 1. The summed E-state index contributed by atoms with van der Waals surface area (Å²) in [7, 11) is 0. The molecule has 0 heterocycles. The zero-order chi connectivity index (χ0) is 8.74. The van der Waals surface area contributed by atoms with Crippen molar-refractivity contribution in [2.75, 3.05) is 19.8 Å². The fourth-order valence-electron chi connectivity index (χ4n) is 0.344. The van der Waals surface area contributed by atoms with Gasteiger partial charge < -0.3 is 0 Å². The minimum atomic E-state index is -4.33. The molecule has 2 nitrogen and oxygen atoms in total. The van der Waals surface area contributed by atoms with Crippen LogP contribution >= 0.6 is 0 Å².